The number of rotatable bonds is 7. The number of methoxy groups -OCH3 is 1. The van der Waals surface area contributed by atoms with E-state index in [0.29, 0.717) is 41.1 Å². The number of aromatic hydroxyl groups is 1. The van der Waals surface area contributed by atoms with Crippen molar-refractivity contribution in [2.45, 2.75) is 40.2 Å². The van der Waals surface area contributed by atoms with Crippen LogP contribution >= 0.6 is 0 Å². The maximum absolute atomic E-state index is 13.1. The number of aryl methyl sites for hydroxylation is 1. The number of hydrogen-bond acceptors (Lipinski definition) is 6. The van der Waals surface area contributed by atoms with Crippen molar-refractivity contribution in [3.63, 3.8) is 0 Å². The van der Waals surface area contributed by atoms with E-state index in [4.69, 9.17) is 9.26 Å². The Morgan fingerprint density at radius 1 is 1.21 bits per heavy atom. The first-order valence-electron chi connectivity index (χ1n) is 11.3. The van der Waals surface area contributed by atoms with E-state index in [-0.39, 0.29) is 11.8 Å². The number of aromatic nitrogens is 2. The van der Waals surface area contributed by atoms with Gasteiger partial charge in [-0.3, -0.25) is 4.90 Å². The Hall–Kier alpha value is -3.81. The molecule has 2 amide bonds. The molecule has 1 atom stereocenters. The number of phenolic OH excluding ortho intramolecular Hbond substituents is 1. The maximum Gasteiger partial charge on any atom is 0.322 e. The lowest BCUT2D eigenvalue weighted by Crippen LogP contribution is -2.46. The zero-order chi connectivity index (χ0) is 24.4. The summed E-state index contributed by atoms with van der Waals surface area (Å²) in [6.07, 6.45) is 0.852. The van der Waals surface area contributed by atoms with Gasteiger partial charge in [-0.1, -0.05) is 48.8 Å². The van der Waals surface area contributed by atoms with Crippen LogP contribution in [0, 0.1) is 12.8 Å². The summed E-state index contributed by atoms with van der Waals surface area (Å²) in [5, 5.41) is 17.6. The number of hydrogen-bond donors (Lipinski definition) is 2. The first-order chi connectivity index (χ1) is 16.3. The molecule has 0 saturated heterocycles. The van der Waals surface area contributed by atoms with Gasteiger partial charge in [-0.25, -0.2) is 4.79 Å². The molecule has 0 fully saturated rings. The molecule has 4 rings (SSSR count). The normalized spacial score (nSPS) is 16.2. The average molecular weight is 463 g/mol. The molecule has 1 aliphatic heterocycles. The highest BCUT2D eigenvalue weighted by Gasteiger charge is 2.36. The summed E-state index contributed by atoms with van der Waals surface area (Å²) in [6.45, 7) is 8.71. The molecule has 34 heavy (non-hydrogen) atoms. The molecular weight excluding hydrogens is 432 g/mol. The van der Waals surface area contributed by atoms with Gasteiger partial charge in [-0.2, -0.15) is 4.98 Å². The number of ether oxygens (including phenoxy) is 1. The summed E-state index contributed by atoms with van der Waals surface area (Å²) in [5.41, 5.74) is 4.06. The van der Waals surface area contributed by atoms with E-state index in [2.05, 4.69) is 29.3 Å². The number of phenols is 1. The molecule has 0 spiro atoms. The molecule has 3 aromatic rings. The summed E-state index contributed by atoms with van der Waals surface area (Å²) in [5.74, 6) is 1.58. The quantitative estimate of drug-likeness (QED) is 0.494. The van der Waals surface area contributed by atoms with Crippen molar-refractivity contribution in [2.75, 3.05) is 13.7 Å². The minimum atomic E-state index is -0.578. The van der Waals surface area contributed by atoms with E-state index in [1.54, 1.807) is 23.1 Å². The molecule has 1 aromatic heterocycles. The van der Waals surface area contributed by atoms with Crippen molar-refractivity contribution in [1.82, 2.24) is 20.4 Å². The van der Waals surface area contributed by atoms with Gasteiger partial charge in [-0.15, -0.1) is 0 Å². The van der Waals surface area contributed by atoms with Gasteiger partial charge in [0.1, 0.15) is 0 Å². The summed E-state index contributed by atoms with van der Waals surface area (Å²) in [4.78, 5) is 19.5. The minimum Gasteiger partial charge on any atom is -0.504 e. The zero-order valence-electron chi connectivity index (χ0n) is 20.1. The fraction of sp³-hybridized carbons (Fsp3) is 0.346. The molecule has 2 heterocycles. The van der Waals surface area contributed by atoms with Gasteiger partial charge in [0, 0.05) is 17.8 Å². The maximum atomic E-state index is 13.1. The highest BCUT2D eigenvalue weighted by molar-refractivity contribution is 5.87. The van der Waals surface area contributed by atoms with Crippen LogP contribution in [0.1, 0.15) is 50.3 Å². The van der Waals surface area contributed by atoms with Gasteiger partial charge >= 0.3 is 6.03 Å². The Morgan fingerprint density at radius 2 is 2.00 bits per heavy atom. The van der Waals surface area contributed by atoms with E-state index in [0.717, 1.165) is 23.2 Å². The Kier molecular flexibility index (Phi) is 6.58. The lowest BCUT2D eigenvalue weighted by molar-refractivity contribution is 0.202. The SMILES string of the molecule is COc1ccc(C2NC(=O)N(CCC(C)C)C(C)=C2c2nc(-c3cccc(C)c3)no2)cc1O. The molecule has 0 bridgehead atoms. The monoisotopic (exact) mass is 462 g/mol. The molecule has 0 radical (unpaired) electrons. The van der Waals surface area contributed by atoms with Gasteiger partial charge in [-0.05, 0) is 49.9 Å². The topological polar surface area (TPSA) is 101 Å². The second kappa shape index (κ2) is 9.59. The Labute approximate surface area is 199 Å². The van der Waals surface area contributed by atoms with Crippen molar-refractivity contribution in [1.29, 1.82) is 0 Å². The van der Waals surface area contributed by atoms with E-state index in [1.807, 2.05) is 38.1 Å². The van der Waals surface area contributed by atoms with Crippen LogP contribution in [0.25, 0.3) is 17.0 Å². The minimum absolute atomic E-state index is 0.0144. The summed E-state index contributed by atoms with van der Waals surface area (Å²) in [7, 11) is 1.49. The van der Waals surface area contributed by atoms with Gasteiger partial charge in [0.05, 0.1) is 18.7 Å². The van der Waals surface area contributed by atoms with Crippen LogP contribution in [-0.2, 0) is 0 Å². The lowest BCUT2D eigenvalue weighted by Gasteiger charge is -2.35. The predicted molar refractivity (Wildman–Crippen MR) is 129 cm³/mol. The van der Waals surface area contributed by atoms with Crippen molar-refractivity contribution >= 4 is 11.6 Å². The molecule has 178 valence electrons. The number of amides is 2. The number of nitrogens with zero attached hydrogens (tertiary/aromatic N) is 3. The third kappa shape index (κ3) is 4.62. The van der Waals surface area contributed by atoms with Crippen molar-refractivity contribution < 1.29 is 19.2 Å². The molecule has 8 nitrogen and oxygen atoms in total. The van der Waals surface area contributed by atoms with Gasteiger partial charge in [0.15, 0.2) is 11.5 Å². The predicted octanol–water partition coefficient (Wildman–Crippen LogP) is 5.30. The van der Waals surface area contributed by atoms with Crippen molar-refractivity contribution in [3.8, 4) is 22.9 Å². The molecule has 1 aliphatic rings. The zero-order valence-corrected chi connectivity index (χ0v) is 20.1. The van der Waals surface area contributed by atoms with Crippen LogP contribution in [-0.4, -0.2) is 39.8 Å². The second-order valence-corrected chi connectivity index (χ2v) is 8.94. The van der Waals surface area contributed by atoms with E-state index >= 15 is 0 Å². The fourth-order valence-electron chi connectivity index (χ4n) is 4.09. The lowest BCUT2D eigenvalue weighted by atomic mass is 9.94. The smallest absolute Gasteiger partial charge is 0.322 e. The molecular formula is C26H30N4O4. The number of nitrogens with one attached hydrogen (secondary N) is 1. The summed E-state index contributed by atoms with van der Waals surface area (Å²) >= 11 is 0. The molecule has 8 heteroatoms. The number of allylic oxidation sites excluding steroid dienone is 1. The highest BCUT2D eigenvalue weighted by atomic mass is 16.5. The van der Waals surface area contributed by atoms with E-state index in [1.165, 1.54) is 7.11 Å². The Balaban J connectivity index is 1.80. The number of carbonyl (C=O) groups is 1. The Bertz CT molecular complexity index is 1230. The summed E-state index contributed by atoms with van der Waals surface area (Å²) in [6, 6.07) is 12.1. The van der Waals surface area contributed by atoms with Gasteiger partial charge in [0.2, 0.25) is 5.82 Å². The van der Waals surface area contributed by atoms with E-state index < -0.39 is 6.04 Å². The highest BCUT2D eigenvalue weighted by Crippen LogP contribution is 2.39. The third-order valence-corrected chi connectivity index (χ3v) is 6.00. The number of benzene rings is 2. The van der Waals surface area contributed by atoms with E-state index in [9.17, 15) is 9.90 Å². The largest absolute Gasteiger partial charge is 0.504 e. The third-order valence-electron chi connectivity index (χ3n) is 6.00. The van der Waals surface area contributed by atoms with Crippen molar-refractivity contribution in [3.05, 3.63) is 65.2 Å². The number of carbonyl (C=O) groups excluding carboxylic acids is 1. The second-order valence-electron chi connectivity index (χ2n) is 8.94. The average Bonchev–Trinajstić information content (AvgIpc) is 3.28. The molecule has 1 unspecified atom stereocenters. The van der Waals surface area contributed by atoms with Gasteiger partial charge in [0.25, 0.3) is 5.89 Å². The number of urea groups is 1. The van der Waals surface area contributed by atoms with Crippen LogP contribution in [0.4, 0.5) is 4.79 Å². The van der Waals surface area contributed by atoms with Crippen LogP contribution < -0.4 is 10.1 Å². The fourth-order valence-corrected chi connectivity index (χ4v) is 4.09. The van der Waals surface area contributed by atoms with Gasteiger partial charge < -0.3 is 19.7 Å². The molecule has 0 saturated carbocycles. The standard InChI is InChI=1S/C26H30N4O4/c1-15(2)11-12-30-17(4)22(25-28-24(29-34-25)19-8-6-7-16(3)13-19)23(27-26(30)32)18-9-10-21(33-5)20(31)14-18/h6-10,13-15,23,31H,11-12H2,1-5H3,(H,27,32). The van der Waals surface area contributed by atoms with Crippen LogP contribution in [0.3, 0.4) is 0 Å². The molecule has 2 N–H and O–H groups in total. The molecule has 0 aliphatic carbocycles. The van der Waals surface area contributed by atoms with Crippen molar-refractivity contribution in [2.24, 2.45) is 5.92 Å². The van der Waals surface area contributed by atoms with Crippen LogP contribution in [0.5, 0.6) is 11.5 Å². The first-order valence-corrected chi connectivity index (χ1v) is 11.3. The van der Waals surface area contributed by atoms with Crippen LogP contribution in [0.2, 0.25) is 0 Å². The molecule has 2 aromatic carbocycles. The summed E-state index contributed by atoms with van der Waals surface area (Å²) < 4.78 is 10.9. The van der Waals surface area contributed by atoms with Crippen LogP contribution in [0.15, 0.2) is 52.7 Å². The first kappa shape index (κ1) is 23.4. The Morgan fingerprint density at radius 3 is 2.68 bits per heavy atom.